The minimum absolute atomic E-state index is 0.143. The average molecular weight is 289 g/mol. The monoisotopic (exact) mass is 289 g/mol. The number of likely N-dealkylation sites (N-methyl/N-ethyl adjacent to an activating group) is 1. The van der Waals surface area contributed by atoms with Crippen LogP contribution in [0.15, 0.2) is 24.3 Å². The first-order chi connectivity index (χ1) is 10.0. The molecule has 0 aliphatic rings. The van der Waals surface area contributed by atoms with E-state index in [-0.39, 0.29) is 24.8 Å². The second kappa shape index (κ2) is 8.72. The zero-order valence-corrected chi connectivity index (χ0v) is 12.3. The van der Waals surface area contributed by atoms with E-state index in [9.17, 15) is 9.59 Å². The van der Waals surface area contributed by atoms with Gasteiger partial charge in [-0.25, -0.2) is 0 Å². The second-order valence-corrected chi connectivity index (χ2v) is 4.53. The van der Waals surface area contributed by atoms with Crippen LogP contribution in [0.1, 0.15) is 18.9 Å². The maximum atomic E-state index is 11.8. The van der Waals surface area contributed by atoms with Gasteiger partial charge >= 0.3 is 5.97 Å². The summed E-state index contributed by atoms with van der Waals surface area (Å²) >= 11 is 0. The number of nitriles is 1. The van der Waals surface area contributed by atoms with Gasteiger partial charge in [-0.1, -0.05) is 0 Å². The van der Waals surface area contributed by atoms with Crippen LogP contribution in [0, 0.1) is 11.3 Å². The Morgan fingerprint density at radius 2 is 2.00 bits per heavy atom. The molecule has 21 heavy (non-hydrogen) atoms. The first-order valence-electron chi connectivity index (χ1n) is 6.69. The molecule has 1 aromatic rings. The molecule has 0 saturated carbocycles. The number of esters is 1. The summed E-state index contributed by atoms with van der Waals surface area (Å²) in [5.74, 6) is -0.442. The number of carbonyl (C=O) groups excluding carboxylic acids is 2. The number of nitrogens with one attached hydrogen (secondary N) is 1. The maximum Gasteiger partial charge on any atom is 0.320 e. The molecule has 1 rings (SSSR count). The third-order valence-electron chi connectivity index (χ3n) is 2.72. The van der Waals surface area contributed by atoms with Gasteiger partial charge in [0.15, 0.2) is 0 Å². The fraction of sp³-hybridized carbons (Fsp3) is 0.400. The number of ether oxygens (including phenoxy) is 1. The summed E-state index contributed by atoms with van der Waals surface area (Å²) in [6, 6.07) is 8.65. The Morgan fingerprint density at radius 1 is 1.33 bits per heavy atom. The van der Waals surface area contributed by atoms with Gasteiger partial charge in [0.05, 0.1) is 24.8 Å². The number of carbonyl (C=O) groups is 2. The van der Waals surface area contributed by atoms with Crippen molar-refractivity contribution < 1.29 is 14.3 Å². The normalized spacial score (nSPS) is 10.0. The molecule has 0 aliphatic carbocycles. The van der Waals surface area contributed by atoms with Gasteiger partial charge in [-0.2, -0.15) is 5.26 Å². The van der Waals surface area contributed by atoms with Crippen LogP contribution in [-0.2, 0) is 14.3 Å². The lowest BCUT2D eigenvalue weighted by Gasteiger charge is -2.15. The lowest BCUT2D eigenvalue weighted by atomic mass is 10.2. The quantitative estimate of drug-likeness (QED) is 0.767. The van der Waals surface area contributed by atoms with Crippen molar-refractivity contribution in [3.8, 4) is 6.07 Å². The van der Waals surface area contributed by atoms with Crippen molar-refractivity contribution in [1.29, 1.82) is 5.26 Å². The molecule has 0 atom stereocenters. The van der Waals surface area contributed by atoms with Crippen LogP contribution in [0.25, 0.3) is 0 Å². The molecule has 0 saturated heterocycles. The van der Waals surface area contributed by atoms with Crippen molar-refractivity contribution in [3.05, 3.63) is 29.8 Å². The smallest absolute Gasteiger partial charge is 0.320 e. The molecule has 1 aromatic carbocycles. The van der Waals surface area contributed by atoms with Crippen LogP contribution in [-0.4, -0.2) is 43.5 Å². The number of benzene rings is 1. The van der Waals surface area contributed by atoms with E-state index in [2.05, 4.69) is 5.32 Å². The van der Waals surface area contributed by atoms with Gasteiger partial charge in [-0.05, 0) is 38.2 Å². The lowest BCUT2D eigenvalue weighted by Crippen LogP contribution is -2.30. The van der Waals surface area contributed by atoms with E-state index in [0.717, 1.165) is 0 Å². The highest BCUT2D eigenvalue weighted by atomic mass is 16.5. The summed E-state index contributed by atoms with van der Waals surface area (Å²) in [7, 11) is 1.76. The number of nitrogens with zero attached hydrogens (tertiary/aromatic N) is 2. The van der Waals surface area contributed by atoms with E-state index in [0.29, 0.717) is 24.4 Å². The number of hydrogen-bond acceptors (Lipinski definition) is 5. The Labute approximate surface area is 124 Å². The van der Waals surface area contributed by atoms with Crippen molar-refractivity contribution in [2.75, 3.05) is 32.1 Å². The van der Waals surface area contributed by atoms with E-state index >= 15 is 0 Å². The topological polar surface area (TPSA) is 82.4 Å². The standard InChI is InChI=1S/C15H19N3O3/c1-3-21-15(20)11-18(2)9-8-14(19)17-13-6-4-12(10-16)5-7-13/h4-7H,3,8-9,11H2,1-2H3,(H,17,19). The minimum atomic E-state index is -0.299. The molecule has 1 N–H and O–H groups in total. The van der Waals surface area contributed by atoms with Crippen molar-refractivity contribution in [2.24, 2.45) is 0 Å². The van der Waals surface area contributed by atoms with Crippen LogP contribution < -0.4 is 5.32 Å². The van der Waals surface area contributed by atoms with Crippen LogP contribution in [0.5, 0.6) is 0 Å². The van der Waals surface area contributed by atoms with Crippen LogP contribution in [0.3, 0.4) is 0 Å². The van der Waals surface area contributed by atoms with Crippen molar-refractivity contribution in [1.82, 2.24) is 4.90 Å². The van der Waals surface area contributed by atoms with Crippen LogP contribution in [0.4, 0.5) is 5.69 Å². The molecular weight excluding hydrogens is 270 g/mol. The zero-order valence-electron chi connectivity index (χ0n) is 12.3. The predicted octanol–water partition coefficient (Wildman–Crippen LogP) is 1.38. The first kappa shape index (κ1) is 16.7. The lowest BCUT2D eigenvalue weighted by molar-refractivity contribution is -0.144. The van der Waals surface area contributed by atoms with Gasteiger partial charge in [-0.15, -0.1) is 0 Å². The molecule has 0 unspecified atom stereocenters. The molecule has 0 fully saturated rings. The molecular formula is C15H19N3O3. The highest BCUT2D eigenvalue weighted by Gasteiger charge is 2.09. The maximum absolute atomic E-state index is 11.8. The molecule has 0 heterocycles. The number of rotatable bonds is 7. The molecule has 6 nitrogen and oxygen atoms in total. The zero-order chi connectivity index (χ0) is 15.7. The summed E-state index contributed by atoms with van der Waals surface area (Å²) in [6.07, 6.45) is 0.274. The van der Waals surface area contributed by atoms with Crippen molar-refractivity contribution in [2.45, 2.75) is 13.3 Å². The van der Waals surface area contributed by atoms with Gasteiger partial charge < -0.3 is 10.1 Å². The molecule has 0 bridgehead atoms. The van der Waals surface area contributed by atoms with Crippen molar-refractivity contribution >= 4 is 17.6 Å². The van der Waals surface area contributed by atoms with E-state index in [4.69, 9.17) is 10.00 Å². The number of anilines is 1. The molecule has 1 amide bonds. The van der Waals surface area contributed by atoms with E-state index in [1.807, 2.05) is 6.07 Å². The Bertz CT molecular complexity index is 520. The summed E-state index contributed by atoms with van der Waals surface area (Å²) in [5.41, 5.74) is 1.19. The van der Waals surface area contributed by atoms with Gasteiger partial charge in [0.1, 0.15) is 0 Å². The Morgan fingerprint density at radius 3 is 2.57 bits per heavy atom. The Kier molecular flexibility index (Phi) is 6.92. The average Bonchev–Trinajstić information content (AvgIpc) is 2.46. The number of hydrogen-bond donors (Lipinski definition) is 1. The molecule has 0 aromatic heterocycles. The minimum Gasteiger partial charge on any atom is -0.465 e. The number of amides is 1. The Hall–Kier alpha value is -2.39. The summed E-state index contributed by atoms with van der Waals surface area (Å²) in [4.78, 5) is 24.8. The van der Waals surface area contributed by atoms with Crippen molar-refractivity contribution in [3.63, 3.8) is 0 Å². The summed E-state index contributed by atoms with van der Waals surface area (Å²) < 4.78 is 4.83. The largest absolute Gasteiger partial charge is 0.465 e. The first-order valence-corrected chi connectivity index (χ1v) is 6.69. The van der Waals surface area contributed by atoms with Gasteiger partial charge in [-0.3, -0.25) is 14.5 Å². The molecule has 0 aliphatic heterocycles. The van der Waals surface area contributed by atoms with Crippen LogP contribution >= 0.6 is 0 Å². The molecule has 112 valence electrons. The molecule has 0 radical (unpaired) electrons. The van der Waals surface area contributed by atoms with E-state index < -0.39 is 0 Å². The second-order valence-electron chi connectivity index (χ2n) is 4.53. The Balaban J connectivity index is 2.33. The fourth-order valence-electron chi connectivity index (χ4n) is 1.65. The SMILES string of the molecule is CCOC(=O)CN(C)CCC(=O)Nc1ccc(C#N)cc1. The molecule has 0 spiro atoms. The third-order valence-corrected chi connectivity index (χ3v) is 2.72. The highest BCUT2D eigenvalue weighted by Crippen LogP contribution is 2.09. The van der Waals surface area contributed by atoms with Gasteiger partial charge in [0.2, 0.25) is 5.91 Å². The summed E-state index contributed by atoms with van der Waals surface area (Å²) in [6.45, 7) is 2.73. The van der Waals surface area contributed by atoms with Gasteiger partial charge in [0, 0.05) is 18.7 Å². The molecule has 6 heteroatoms. The van der Waals surface area contributed by atoms with E-state index in [1.165, 1.54) is 0 Å². The highest BCUT2D eigenvalue weighted by molar-refractivity contribution is 5.90. The van der Waals surface area contributed by atoms with E-state index in [1.54, 1.807) is 43.1 Å². The predicted molar refractivity (Wildman–Crippen MR) is 78.5 cm³/mol. The summed E-state index contributed by atoms with van der Waals surface area (Å²) in [5, 5.41) is 11.4. The third kappa shape index (κ3) is 6.54. The van der Waals surface area contributed by atoms with Crippen LogP contribution in [0.2, 0.25) is 0 Å². The fourth-order valence-corrected chi connectivity index (χ4v) is 1.65. The van der Waals surface area contributed by atoms with Gasteiger partial charge in [0.25, 0.3) is 0 Å².